The van der Waals surface area contributed by atoms with E-state index >= 15 is 0 Å². The predicted octanol–water partition coefficient (Wildman–Crippen LogP) is 2.15. The summed E-state index contributed by atoms with van der Waals surface area (Å²) in [6, 6.07) is 7.60. The Hall–Kier alpha value is -1.39. The van der Waals surface area contributed by atoms with E-state index in [4.69, 9.17) is 11.6 Å². The van der Waals surface area contributed by atoms with Crippen LogP contribution >= 0.6 is 11.6 Å². The molecule has 1 N–H and O–H groups in total. The summed E-state index contributed by atoms with van der Waals surface area (Å²) < 4.78 is 2.10. The summed E-state index contributed by atoms with van der Waals surface area (Å²) in [6.45, 7) is 1.01. The summed E-state index contributed by atoms with van der Waals surface area (Å²) in [4.78, 5) is 0. The summed E-state index contributed by atoms with van der Waals surface area (Å²) in [7, 11) is 0. The van der Waals surface area contributed by atoms with Gasteiger partial charge in [0.25, 0.3) is 0 Å². The van der Waals surface area contributed by atoms with Crippen molar-refractivity contribution in [3.05, 3.63) is 35.1 Å². The minimum absolute atomic E-state index is 0.220. The Morgan fingerprint density at radius 2 is 2.06 bits per heavy atom. The van der Waals surface area contributed by atoms with Crippen LogP contribution in [0.5, 0.6) is 0 Å². The molecule has 1 unspecified atom stereocenters. The number of hydrogen-bond donors (Lipinski definition) is 1. The summed E-state index contributed by atoms with van der Waals surface area (Å²) >= 11 is 5.89. The lowest BCUT2D eigenvalue weighted by atomic mass is 10.00. The molecule has 0 saturated heterocycles. The van der Waals surface area contributed by atoms with Gasteiger partial charge in [-0.25, -0.2) is 0 Å². The van der Waals surface area contributed by atoms with Crippen molar-refractivity contribution < 1.29 is 5.11 Å². The molecular formula is C13H14ClN3O. The average molecular weight is 264 g/mol. The molecule has 18 heavy (non-hydrogen) atoms. The van der Waals surface area contributed by atoms with Gasteiger partial charge in [0.2, 0.25) is 0 Å². The van der Waals surface area contributed by atoms with E-state index in [2.05, 4.69) is 14.8 Å². The second kappa shape index (κ2) is 4.71. The third-order valence-electron chi connectivity index (χ3n) is 3.40. The van der Waals surface area contributed by atoms with Gasteiger partial charge < -0.3 is 9.67 Å². The van der Waals surface area contributed by atoms with Gasteiger partial charge in [0.1, 0.15) is 5.82 Å². The number of nitrogens with zero attached hydrogens (tertiary/aromatic N) is 3. The summed E-state index contributed by atoms with van der Waals surface area (Å²) in [6.07, 6.45) is 1.86. The van der Waals surface area contributed by atoms with E-state index in [9.17, 15) is 5.11 Å². The lowest BCUT2D eigenvalue weighted by Crippen LogP contribution is -2.23. The molecule has 2 heterocycles. The molecule has 1 aliphatic heterocycles. The summed E-state index contributed by atoms with van der Waals surface area (Å²) in [5.41, 5.74) is 1.01. The Balaban J connectivity index is 1.99. The molecule has 1 aliphatic rings. The van der Waals surface area contributed by atoms with Gasteiger partial charge in [-0.2, -0.15) is 0 Å². The molecule has 0 saturated carbocycles. The molecule has 0 bridgehead atoms. The molecule has 0 amide bonds. The molecule has 0 radical (unpaired) electrons. The Morgan fingerprint density at radius 1 is 1.28 bits per heavy atom. The zero-order valence-corrected chi connectivity index (χ0v) is 10.6. The topological polar surface area (TPSA) is 50.9 Å². The molecule has 1 aromatic carbocycles. The van der Waals surface area contributed by atoms with Crippen molar-refractivity contribution in [2.75, 3.05) is 6.61 Å². The normalized spacial score (nSPS) is 18.7. The van der Waals surface area contributed by atoms with Gasteiger partial charge in [-0.3, -0.25) is 0 Å². The molecular weight excluding hydrogens is 250 g/mol. The van der Waals surface area contributed by atoms with E-state index in [1.807, 2.05) is 24.3 Å². The van der Waals surface area contributed by atoms with E-state index < -0.39 is 0 Å². The Morgan fingerprint density at radius 3 is 2.78 bits per heavy atom. The summed E-state index contributed by atoms with van der Waals surface area (Å²) in [5, 5.41) is 18.5. The average Bonchev–Trinajstić information content (AvgIpc) is 2.82. The second-order valence-electron chi connectivity index (χ2n) is 4.64. The van der Waals surface area contributed by atoms with Gasteiger partial charge in [-0.15, -0.1) is 10.2 Å². The first kappa shape index (κ1) is 11.7. The van der Waals surface area contributed by atoms with Gasteiger partial charge in [0.05, 0.1) is 0 Å². The number of halogens is 1. The van der Waals surface area contributed by atoms with E-state index in [-0.39, 0.29) is 6.61 Å². The van der Waals surface area contributed by atoms with Crippen LogP contribution in [-0.4, -0.2) is 26.5 Å². The molecule has 0 spiro atoms. The van der Waals surface area contributed by atoms with Crippen LogP contribution < -0.4 is 0 Å². The standard InChI is InChI=1S/C13H14ClN3O/c14-11-4-2-10(3-5-11)13-16-15-12-6-1-9(8-18)7-17(12)13/h2-5,9,18H,1,6-8H2. The number of hydrogen-bond acceptors (Lipinski definition) is 3. The minimum Gasteiger partial charge on any atom is -0.396 e. The van der Waals surface area contributed by atoms with Crippen LogP contribution in [0, 0.1) is 5.92 Å². The van der Waals surface area contributed by atoms with Gasteiger partial charge in [-0.1, -0.05) is 11.6 Å². The number of aromatic nitrogens is 3. The predicted molar refractivity (Wildman–Crippen MR) is 69.4 cm³/mol. The second-order valence-corrected chi connectivity index (χ2v) is 5.08. The lowest BCUT2D eigenvalue weighted by molar-refractivity contribution is 0.191. The minimum atomic E-state index is 0.220. The third kappa shape index (κ3) is 2.02. The maximum atomic E-state index is 9.28. The maximum Gasteiger partial charge on any atom is 0.163 e. The van der Waals surface area contributed by atoms with Crippen LogP contribution in [0.15, 0.2) is 24.3 Å². The van der Waals surface area contributed by atoms with Crippen LogP contribution in [0.1, 0.15) is 12.2 Å². The van der Waals surface area contributed by atoms with Crippen LogP contribution in [0.4, 0.5) is 0 Å². The molecule has 4 nitrogen and oxygen atoms in total. The smallest absolute Gasteiger partial charge is 0.163 e. The van der Waals surface area contributed by atoms with Crippen molar-refractivity contribution in [3.8, 4) is 11.4 Å². The number of benzene rings is 1. The van der Waals surface area contributed by atoms with Crippen LogP contribution in [-0.2, 0) is 13.0 Å². The molecule has 2 aromatic rings. The Kier molecular flexibility index (Phi) is 3.06. The molecule has 1 aromatic heterocycles. The molecule has 5 heteroatoms. The van der Waals surface area contributed by atoms with Crippen LogP contribution in [0.25, 0.3) is 11.4 Å². The van der Waals surface area contributed by atoms with E-state index in [1.54, 1.807) is 0 Å². The first-order valence-electron chi connectivity index (χ1n) is 6.07. The Bertz CT molecular complexity index is 550. The molecule has 3 rings (SSSR count). The van der Waals surface area contributed by atoms with Gasteiger partial charge >= 0.3 is 0 Å². The fourth-order valence-electron chi connectivity index (χ4n) is 2.36. The molecule has 0 aliphatic carbocycles. The van der Waals surface area contributed by atoms with Crippen LogP contribution in [0.2, 0.25) is 5.02 Å². The van der Waals surface area contributed by atoms with Crippen molar-refractivity contribution in [1.29, 1.82) is 0 Å². The largest absolute Gasteiger partial charge is 0.396 e. The fourth-order valence-corrected chi connectivity index (χ4v) is 2.48. The van der Waals surface area contributed by atoms with Crippen LogP contribution in [0.3, 0.4) is 0 Å². The fraction of sp³-hybridized carbons (Fsp3) is 0.385. The van der Waals surface area contributed by atoms with Gasteiger partial charge in [0, 0.05) is 36.1 Å². The molecule has 94 valence electrons. The van der Waals surface area contributed by atoms with Crippen molar-refractivity contribution in [1.82, 2.24) is 14.8 Å². The highest BCUT2D eigenvalue weighted by Crippen LogP contribution is 2.26. The molecule has 1 atom stereocenters. The van der Waals surface area contributed by atoms with Crippen molar-refractivity contribution in [2.45, 2.75) is 19.4 Å². The van der Waals surface area contributed by atoms with Crippen molar-refractivity contribution in [2.24, 2.45) is 5.92 Å². The van der Waals surface area contributed by atoms with Gasteiger partial charge in [-0.05, 0) is 30.7 Å². The molecule has 0 fully saturated rings. The Labute approximate surface area is 110 Å². The van der Waals surface area contributed by atoms with E-state index in [0.29, 0.717) is 10.9 Å². The number of aliphatic hydroxyl groups excluding tert-OH is 1. The zero-order chi connectivity index (χ0) is 12.5. The maximum absolute atomic E-state index is 9.28. The highest BCUT2D eigenvalue weighted by molar-refractivity contribution is 6.30. The quantitative estimate of drug-likeness (QED) is 0.903. The summed E-state index contributed by atoms with van der Waals surface area (Å²) in [5.74, 6) is 2.17. The lowest BCUT2D eigenvalue weighted by Gasteiger charge is -2.22. The number of rotatable bonds is 2. The van der Waals surface area contributed by atoms with E-state index in [0.717, 1.165) is 36.6 Å². The monoisotopic (exact) mass is 263 g/mol. The highest BCUT2D eigenvalue weighted by atomic mass is 35.5. The first-order valence-corrected chi connectivity index (χ1v) is 6.44. The van der Waals surface area contributed by atoms with Gasteiger partial charge in [0.15, 0.2) is 5.82 Å². The number of aliphatic hydroxyl groups is 1. The first-order chi connectivity index (χ1) is 8.78. The van der Waals surface area contributed by atoms with Crippen molar-refractivity contribution in [3.63, 3.8) is 0 Å². The number of aryl methyl sites for hydroxylation is 1. The number of fused-ring (bicyclic) bond motifs is 1. The third-order valence-corrected chi connectivity index (χ3v) is 3.66. The highest BCUT2D eigenvalue weighted by Gasteiger charge is 2.22. The van der Waals surface area contributed by atoms with Crippen molar-refractivity contribution >= 4 is 11.6 Å². The zero-order valence-electron chi connectivity index (χ0n) is 9.88. The SMILES string of the molecule is OCC1CCc2nnc(-c3ccc(Cl)cc3)n2C1. The van der Waals surface area contributed by atoms with E-state index in [1.165, 1.54) is 0 Å².